The van der Waals surface area contributed by atoms with E-state index >= 15 is 0 Å². The summed E-state index contributed by atoms with van der Waals surface area (Å²) < 4.78 is 0. The van der Waals surface area contributed by atoms with Crippen LogP contribution in [0.25, 0.3) is 0 Å². The number of pyridine rings is 1. The Kier molecular flexibility index (Phi) is 8.58. The zero-order valence-corrected chi connectivity index (χ0v) is 18.5. The van der Waals surface area contributed by atoms with Crippen LogP contribution in [0.15, 0.2) is 48.7 Å². The number of para-hydroxylation sites is 1. The van der Waals surface area contributed by atoms with Crippen molar-refractivity contribution in [1.29, 1.82) is 5.26 Å². The van der Waals surface area contributed by atoms with Gasteiger partial charge in [0.05, 0.1) is 12.5 Å². The molecule has 2 amide bonds. The first-order valence-corrected chi connectivity index (χ1v) is 10.9. The van der Waals surface area contributed by atoms with E-state index in [1.807, 2.05) is 42.5 Å². The molecule has 8 heteroatoms. The molecule has 3 rings (SSSR count). The summed E-state index contributed by atoms with van der Waals surface area (Å²) in [5, 5.41) is 11.8. The number of amides is 2. The number of anilines is 2. The third-order valence-electron chi connectivity index (χ3n) is 5.51. The normalized spacial score (nSPS) is 13.9. The summed E-state index contributed by atoms with van der Waals surface area (Å²) in [5.74, 6) is 0.587. The second-order valence-corrected chi connectivity index (χ2v) is 7.88. The molecular formula is C24H30N6O2. The maximum atomic E-state index is 12.7. The molecule has 8 nitrogen and oxygen atoms in total. The molecule has 0 spiro atoms. The van der Waals surface area contributed by atoms with Crippen molar-refractivity contribution in [2.24, 2.45) is 0 Å². The van der Waals surface area contributed by atoms with E-state index in [4.69, 9.17) is 5.26 Å². The minimum Gasteiger partial charge on any atom is -0.354 e. The van der Waals surface area contributed by atoms with Gasteiger partial charge in [-0.15, -0.1) is 0 Å². The summed E-state index contributed by atoms with van der Waals surface area (Å²) in [6, 6.07) is 15.2. The molecule has 168 valence electrons. The molecule has 0 aliphatic carbocycles. The summed E-state index contributed by atoms with van der Waals surface area (Å²) >= 11 is 0. The average Bonchev–Trinajstić information content (AvgIpc) is 2.83. The molecular weight excluding hydrogens is 404 g/mol. The number of rotatable bonds is 9. The number of nitrogens with zero attached hydrogens (tertiary/aromatic N) is 5. The van der Waals surface area contributed by atoms with E-state index in [2.05, 4.69) is 33.2 Å². The number of carbonyl (C=O) groups is 2. The SMILES string of the molecule is CN1CCN(c2cc(CNC(=O)CCC(=O)N(CCC#N)c3ccccc3)ccn2)CC1. The lowest BCUT2D eigenvalue weighted by molar-refractivity contribution is -0.125. The minimum atomic E-state index is -0.176. The van der Waals surface area contributed by atoms with Crippen LogP contribution in [-0.4, -0.2) is 61.5 Å². The zero-order chi connectivity index (χ0) is 22.8. The standard InChI is InChI=1S/C24H30N6O2/c1-28-14-16-29(17-15-28)22-18-20(10-12-26-22)19-27-23(31)8-9-24(32)30(13-5-11-25)21-6-3-2-4-7-21/h2-4,6-7,10,12,18H,5,8-9,13-17,19H2,1H3,(H,27,31). The minimum absolute atomic E-state index is 0.0923. The third-order valence-corrected chi connectivity index (χ3v) is 5.51. The van der Waals surface area contributed by atoms with Crippen molar-refractivity contribution in [2.75, 3.05) is 49.6 Å². The molecule has 1 aliphatic heterocycles. The number of carbonyl (C=O) groups excluding carboxylic acids is 2. The second kappa shape index (κ2) is 11.8. The van der Waals surface area contributed by atoms with Gasteiger partial charge in [-0.3, -0.25) is 9.59 Å². The van der Waals surface area contributed by atoms with Gasteiger partial charge in [0, 0.05) is 64.0 Å². The molecule has 0 radical (unpaired) electrons. The van der Waals surface area contributed by atoms with Crippen LogP contribution in [-0.2, 0) is 16.1 Å². The quantitative estimate of drug-likeness (QED) is 0.650. The van der Waals surface area contributed by atoms with Gasteiger partial charge < -0.3 is 20.0 Å². The largest absolute Gasteiger partial charge is 0.354 e. The van der Waals surface area contributed by atoms with Crippen LogP contribution in [0.4, 0.5) is 11.5 Å². The molecule has 1 fully saturated rings. The lowest BCUT2D eigenvalue weighted by atomic mass is 10.2. The second-order valence-electron chi connectivity index (χ2n) is 7.88. The zero-order valence-electron chi connectivity index (χ0n) is 18.5. The molecule has 2 aromatic rings. The van der Waals surface area contributed by atoms with E-state index in [-0.39, 0.29) is 31.1 Å². The third kappa shape index (κ3) is 6.79. The van der Waals surface area contributed by atoms with Gasteiger partial charge in [-0.05, 0) is 36.9 Å². The highest BCUT2D eigenvalue weighted by atomic mass is 16.2. The van der Waals surface area contributed by atoms with E-state index < -0.39 is 0 Å². The number of benzene rings is 1. The van der Waals surface area contributed by atoms with Gasteiger partial charge in [-0.2, -0.15) is 5.26 Å². The number of aromatic nitrogens is 1. The summed E-state index contributed by atoms with van der Waals surface area (Å²) in [5.41, 5.74) is 1.72. The summed E-state index contributed by atoms with van der Waals surface area (Å²) in [7, 11) is 2.12. The smallest absolute Gasteiger partial charge is 0.227 e. The maximum Gasteiger partial charge on any atom is 0.227 e. The van der Waals surface area contributed by atoms with Crippen molar-refractivity contribution in [3.05, 3.63) is 54.2 Å². The molecule has 0 atom stereocenters. The number of nitriles is 1. The first-order chi connectivity index (χ1) is 15.6. The summed E-state index contributed by atoms with van der Waals surface area (Å²) in [6.07, 6.45) is 2.20. The predicted octanol–water partition coefficient (Wildman–Crippen LogP) is 2.18. The molecule has 1 N–H and O–H groups in total. The van der Waals surface area contributed by atoms with E-state index in [9.17, 15) is 9.59 Å². The summed E-state index contributed by atoms with van der Waals surface area (Å²) in [6.45, 7) is 4.59. The van der Waals surface area contributed by atoms with Crippen molar-refractivity contribution in [3.8, 4) is 6.07 Å². The fourth-order valence-corrected chi connectivity index (χ4v) is 3.59. The van der Waals surface area contributed by atoms with E-state index in [1.165, 1.54) is 0 Å². The van der Waals surface area contributed by atoms with Crippen LogP contribution in [0.3, 0.4) is 0 Å². The molecule has 0 unspecified atom stereocenters. The highest BCUT2D eigenvalue weighted by Gasteiger charge is 2.17. The molecule has 1 aromatic heterocycles. The van der Waals surface area contributed by atoms with Gasteiger partial charge in [0.2, 0.25) is 11.8 Å². The monoisotopic (exact) mass is 434 g/mol. The Morgan fingerprint density at radius 3 is 2.59 bits per heavy atom. The number of piperazine rings is 1. The first-order valence-electron chi connectivity index (χ1n) is 10.9. The Morgan fingerprint density at radius 2 is 1.88 bits per heavy atom. The Hall–Kier alpha value is -3.44. The first kappa shape index (κ1) is 23.2. The Morgan fingerprint density at radius 1 is 1.12 bits per heavy atom. The molecule has 0 bridgehead atoms. The number of likely N-dealkylation sites (N-methyl/N-ethyl adjacent to an activating group) is 1. The molecule has 2 heterocycles. The van der Waals surface area contributed by atoms with Crippen LogP contribution in [0.2, 0.25) is 0 Å². The molecule has 1 aromatic carbocycles. The Balaban J connectivity index is 1.49. The topological polar surface area (TPSA) is 92.6 Å². The van der Waals surface area contributed by atoms with E-state index in [0.717, 1.165) is 43.2 Å². The van der Waals surface area contributed by atoms with Crippen LogP contribution in [0, 0.1) is 11.3 Å². The predicted molar refractivity (Wildman–Crippen MR) is 124 cm³/mol. The highest BCUT2D eigenvalue weighted by Crippen LogP contribution is 2.16. The maximum absolute atomic E-state index is 12.7. The molecule has 1 aliphatic rings. The number of hydrogen-bond acceptors (Lipinski definition) is 6. The summed E-state index contributed by atoms with van der Waals surface area (Å²) in [4.78, 5) is 35.6. The van der Waals surface area contributed by atoms with Crippen molar-refractivity contribution >= 4 is 23.3 Å². The van der Waals surface area contributed by atoms with E-state index in [1.54, 1.807) is 11.1 Å². The Bertz CT molecular complexity index is 935. The van der Waals surface area contributed by atoms with Gasteiger partial charge in [0.25, 0.3) is 0 Å². The van der Waals surface area contributed by atoms with Gasteiger partial charge in [0.1, 0.15) is 5.82 Å². The molecule has 32 heavy (non-hydrogen) atoms. The molecule has 0 saturated carbocycles. The van der Waals surface area contributed by atoms with Crippen molar-refractivity contribution in [1.82, 2.24) is 15.2 Å². The lowest BCUT2D eigenvalue weighted by Crippen LogP contribution is -2.44. The van der Waals surface area contributed by atoms with Crippen LogP contribution < -0.4 is 15.1 Å². The van der Waals surface area contributed by atoms with Crippen LogP contribution in [0.5, 0.6) is 0 Å². The highest BCUT2D eigenvalue weighted by molar-refractivity contribution is 5.95. The molecule has 1 saturated heterocycles. The van der Waals surface area contributed by atoms with Crippen LogP contribution >= 0.6 is 0 Å². The lowest BCUT2D eigenvalue weighted by Gasteiger charge is -2.33. The van der Waals surface area contributed by atoms with Gasteiger partial charge in [0.15, 0.2) is 0 Å². The van der Waals surface area contributed by atoms with Crippen LogP contribution in [0.1, 0.15) is 24.8 Å². The number of nitrogens with one attached hydrogen (secondary N) is 1. The van der Waals surface area contributed by atoms with Gasteiger partial charge in [-0.25, -0.2) is 4.98 Å². The van der Waals surface area contributed by atoms with Gasteiger partial charge in [-0.1, -0.05) is 18.2 Å². The van der Waals surface area contributed by atoms with Gasteiger partial charge >= 0.3 is 0 Å². The van der Waals surface area contributed by atoms with Crippen molar-refractivity contribution < 1.29 is 9.59 Å². The van der Waals surface area contributed by atoms with Crippen molar-refractivity contribution in [2.45, 2.75) is 25.8 Å². The fourth-order valence-electron chi connectivity index (χ4n) is 3.59. The average molecular weight is 435 g/mol. The number of hydrogen-bond donors (Lipinski definition) is 1. The van der Waals surface area contributed by atoms with E-state index in [0.29, 0.717) is 13.1 Å². The van der Waals surface area contributed by atoms with Crippen molar-refractivity contribution in [3.63, 3.8) is 0 Å². The Labute approximate surface area is 189 Å². The fraction of sp³-hybridized carbons (Fsp3) is 0.417.